The lowest BCUT2D eigenvalue weighted by Gasteiger charge is -2.05. The van der Waals surface area contributed by atoms with Crippen molar-refractivity contribution in [2.24, 2.45) is 0 Å². The van der Waals surface area contributed by atoms with E-state index in [4.69, 9.17) is 11.6 Å². The highest BCUT2D eigenvalue weighted by Gasteiger charge is 2.14. The van der Waals surface area contributed by atoms with Crippen molar-refractivity contribution in [2.75, 3.05) is 18.6 Å². The van der Waals surface area contributed by atoms with Gasteiger partial charge in [-0.05, 0) is 12.3 Å². The van der Waals surface area contributed by atoms with Crippen molar-refractivity contribution in [1.29, 1.82) is 0 Å². The molecule has 0 atom stereocenters. The third-order valence-corrected chi connectivity index (χ3v) is 4.07. The van der Waals surface area contributed by atoms with Crippen molar-refractivity contribution in [1.82, 2.24) is 9.71 Å². The lowest BCUT2D eigenvalue weighted by atomic mass is 10.5. The first-order valence-electron chi connectivity index (χ1n) is 4.34. The summed E-state index contributed by atoms with van der Waals surface area (Å²) in [6.45, 7) is 0.334. The molecule has 0 bridgehead atoms. The number of pyridine rings is 1. The minimum absolute atomic E-state index is 0.0433. The van der Waals surface area contributed by atoms with Crippen molar-refractivity contribution in [3.8, 4) is 0 Å². The van der Waals surface area contributed by atoms with E-state index in [9.17, 15) is 13.2 Å². The van der Waals surface area contributed by atoms with E-state index >= 15 is 0 Å². The minimum atomic E-state index is -3.59. The Morgan fingerprint density at radius 2 is 2.25 bits per heavy atom. The largest absolute Gasteiger partial charge is 0.326 e. The summed E-state index contributed by atoms with van der Waals surface area (Å²) in [5.74, 6) is 0.677. The van der Waals surface area contributed by atoms with Crippen molar-refractivity contribution in [3.63, 3.8) is 0 Å². The number of halogens is 1. The lowest BCUT2D eigenvalue weighted by molar-refractivity contribution is 0.583. The summed E-state index contributed by atoms with van der Waals surface area (Å²) in [6, 6.07) is 1.13. The SMILES string of the molecule is CSCCNS(=O)(=O)c1c[nH]c(=O)c(Cl)c1. The minimum Gasteiger partial charge on any atom is -0.326 e. The Bertz CT molecular complexity index is 512. The summed E-state index contributed by atoms with van der Waals surface area (Å²) in [5.41, 5.74) is -0.510. The van der Waals surface area contributed by atoms with Crippen LogP contribution in [0.3, 0.4) is 0 Å². The highest BCUT2D eigenvalue weighted by Crippen LogP contribution is 2.10. The van der Waals surface area contributed by atoms with Gasteiger partial charge in [0, 0.05) is 18.5 Å². The Morgan fingerprint density at radius 3 is 2.81 bits per heavy atom. The molecule has 0 unspecified atom stereocenters. The van der Waals surface area contributed by atoms with E-state index in [0.717, 1.165) is 12.3 Å². The molecular weight excluding hydrogens is 272 g/mol. The zero-order valence-electron chi connectivity index (χ0n) is 8.49. The van der Waals surface area contributed by atoms with E-state index < -0.39 is 15.6 Å². The van der Waals surface area contributed by atoms with Gasteiger partial charge in [0.25, 0.3) is 5.56 Å². The number of nitrogens with one attached hydrogen (secondary N) is 2. The number of aromatic nitrogens is 1. The monoisotopic (exact) mass is 282 g/mol. The van der Waals surface area contributed by atoms with Crippen LogP contribution in [-0.2, 0) is 10.0 Å². The molecule has 16 heavy (non-hydrogen) atoms. The number of rotatable bonds is 5. The number of H-pyrrole nitrogens is 1. The molecular formula is C8H11ClN2O3S2. The maximum Gasteiger partial charge on any atom is 0.266 e. The number of aromatic amines is 1. The van der Waals surface area contributed by atoms with Gasteiger partial charge in [-0.25, -0.2) is 13.1 Å². The zero-order valence-corrected chi connectivity index (χ0v) is 10.9. The van der Waals surface area contributed by atoms with Crippen LogP contribution in [0.15, 0.2) is 22.0 Å². The van der Waals surface area contributed by atoms with Crippen LogP contribution in [0.25, 0.3) is 0 Å². The number of hydrogen-bond acceptors (Lipinski definition) is 4. The Balaban J connectivity index is 2.90. The molecule has 0 saturated carbocycles. The van der Waals surface area contributed by atoms with Gasteiger partial charge in [0.2, 0.25) is 10.0 Å². The summed E-state index contributed by atoms with van der Waals surface area (Å²) in [5, 5.41) is -0.146. The second-order valence-electron chi connectivity index (χ2n) is 2.90. The summed E-state index contributed by atoms with van der Waals surface area (Å²) >= 11 is 7.07. The third kappa shape index (κ3) is 3.51. The van der Waals surface area contributed by atoms with Crippen LogP contribution in [0.5, 0.6) is 0 Å². The Morgan fingerprint density at radius 1 is 1.56 bits per heavy atom. The molecule has 0 fully saturated rings. The fraction of sp³-hybridized carbons (Fsp3) is 0.375. The fourth-order valence-electron chi connectivity index (χ4n) is 0.954. The van der Waals surface area contributed by atoms with Gasteiger partial charge in [-0.15, -0.1) is 0 Å². The molecule has 0 saturated heterocycles. The van der Waals surface area contributed by atoms with Gasteiger partial charge in [0.15, 0.2) is 0 Å². The molecule has 0 aromatic carbocycles. The number of sulfonamides is 1. The van der Waals surface area contributed by atoms with Gasteiger partial charge in [-0.2, -0.15) is 11.8 Å². The van der Waals surface area contributed by atoms with Crippen LogP contribution in [-0.4, -0.2) is 32.0 Å². The average molecular weight is 283 g/mol. The highest BCUT2D eigenvalue weighted by atomic mass is 35.5. The first-order valence-corrected chi connectivity index (χ1v) is 7.59. The summed E-state index contributed by atoms with van der Waals surface area (Å²) in [7, 11) is -3.59. The molecule has 1 rings (SSSR count). The van der Waals surface area contributed by atoms with E-state index in [2.05, 4.69) is 9.71 Å². The molecule has 1 aromatic heterocycles. The molecule has 0 spiro atoms. The Kier molecular flexibility index (Phi) is 4.85. The Hall–Kier alpha value is -0.500. The van der Waals surface area contributed by atoms with Gasteiger partial charge in [0.1, 0.15) is 5.02 Å². The topological polar surface area (TPSA) is 79.0 Å². The smallest absolute Gasteiger partial charge is 0.266 e. The fourth-order valence-corrected chi connectivity index (χ4v) is 2.65. The molecule has 8 heteroatoms. The zero-order chi connectivity index (χ0) is 12.2. The van der Waals surface area contributed by atoms with Crippen molar-refractivity contribution < 1.29 is 8.42 Å². The van der Waals surface area contributed by atoms with Crippen LogP contribution < -0.4 is 10.3 Å². The molecule has 5 nitrogen and oxygen atoms in total. The van der Waals surface area contributed by atoms with Crippen molar-refractivity contribution >= 4 is 33.4 Å². The first kappa shape index (κ1) is 13.6. The second-order valence-corrected chi connectivity index (χ2v) is 6.06. The van der Waals surface area contributed by atoms with Gasteiger partial charge >= 0.3 is 0 Å². The summed E-state index contributed by atoms with van der Waals surface area (Å²) in [6.07, 6.45) is 3.00. The van der Waals surface area contributed by atoms with Crippen molar-refractivity contribution in [3.05, 3.63) is 27.6 Å². The second kappa shape index (κ2) is 5.72. The predicted molar refractivity (Wildman–Crippen MR) is 65.6 cm³/mol. The van der Waals surface area contributed by atoms with E-state index in [1.54, 1.807) is 0 Å². The van der Waals surface area contributed by atoms with Gasteiger partial charge in [0.05, 0.1) is 4.90 Å². The maximum absolute atomic E-state index is 11.7. The van der Waals surface area contributed by atoms with Gasteiger partial charge < -0.3 is 4.98 Å². The normalized spacial score (nSPS) is 11.6. The molecule has 90 valence electrons. The first-order chi connectivity index (χ1) is 7.47. The van der Waals surface area contributed by atoms with Crippen LogP contribution in [0.4, 0.5) is 0 Å². The highest BCUT2D eigenvalue weighted by molar-refractivity contribution is 7.98. The quantitative estimate of drug-likeness (QED) is 0.778. The van der Waals surface area contributed by atoms with E-state index in [-0.39, 0.29) is 9.92 Å². The predicted octanol–water partition coefficient (Wildman–Crippen LogP) is 0.670. The van der Waals surface area contributed by atoms with E-state index in [0.29, 0.717) is 12.3 Å². The van der Waals surface area contributed by atoms with Gasteiger partial charge in [-0.1, -0.05) is 11.6 Å². The third-order valence-electron chi connectivity index (χ3n) is 1.74. The van der Waals surface area contributed by atoms with Crippen molar-refractivity contribution in [2.45, 2.75) is 4.90 Å². The standard InChI is InChI=1S/C8H11ClN2O3S2/c1-15-3-2-11-16(13,14)6-4-7(9)8(12)10-5-6/h4-5,11H,2-3H2,1H3,(H,10,12). The molecule has 1 aromatic rings. The average Bonchev–Trinajstić information content (AvgIpc) is 2.22. The van der Waals surface area contributed by atoms with Crippen LogP contribution in [0.1, 0.15) is 0 Å². The van der Waals surface area contributed by atoms with E-state index in [1.165, 1.54) is 11.8 Å². The molecule has 2 N–H and O–H groups in total. The number of hydrogen-bond donors (Lipinski definition) is 2. The molecule has 0 aliphatic carbocycles. The summed E-state index contributed by atoms with van der Waals surface area (Å²) < 4.78 is 25.7. The van der Waals surface area contributed by atoms with E-state index in [1.807, 2.05) is 6.26 Å². The van der Waals surface area contributed by atoms with Crippen LogP contribution in [0, 0.1) is 0 Å². The summed E-state index contributed by atoms with van der Waals surface area (Å²) in [4.78, 5) is 13.2. The molecule has 0 radical (unpaired) electrons. The molecule has 1 heterocycles. The van der Waals surface area contributed by atoms with Crippen LogP contribution >= 0.6 is 23.4 Å². The van der Waals surface area contributed by atoms with Gasteiger partial charge in [-0.3, -0.25) is 4.79 Å². The molecule has 0 aliphatic rings. The molecule has 0 aliphatic heterocycles. The number of thioether (sulfide) groups is 1. The Labute approximate surface area is 103 Å². The molecule has 0 amide bonds. The lowest BCUT2D eigenvalue weighted by Crippen LogP contribution is -2.26. The van der Waals surface area contributed by atoms with Crippen LogP contribution in [0.2, 0.25) is 5.02 Å². The maximum atomic E-state index is 11.7.